The molecule has 0 radical (unpaired) electrons. The lowest BCUT2D eigenvalue weighted by Crippen LogP contribution is -2.42. The summed E-state index contributed by atoms with van der Waals surface area (Å²) < 4.78 is 24.4. The summed E-state index contributed by atoms with van der Waals surface area (Å²) in [5.74, 6) is -1.37. The minimum absolute atomic E-state index is 0.0594. The molecule has 0 aromatic heterocycles. The van der Waals surface area contributed by atoms with Gasteiger partial charge in [0.1, 0.15) is 5.82 Å². The molecule has 8 heteroatoms. The zero-order valence-corrected chi connectivity index (χ0v) is 15.0. The molecule has 0 aliphatic rings. The number of halogens is 2. The molecule has 2 amide bonds. The number of nitrogens with one attached hydrogen (secondary N) is 2. The van der Waals surface area contributed by atoms with Crippen molar-refractivity contribution in [1.82, 2.24) is 10.9 Å². The lowest BCUT2D eigenvalue weighted by atomic mass is 10.2. The van der Waals surface area contributed by atoms with Crippen LogP contribution >= 0.6 is 11.6 Å². The highest BCUT2D eigenvalue weighted by Crippen LogP contribution is 2.28. The van der Waals surface area contributed by atoms with E-state index in [1.54, 1.807) is 6.07 Å². The molecule has 2 rings (SSSR count). The van der Waals surface area contributed by atoms with E-state index in [4.69, 9.17) is 21.1 Å². The maximum absolute atomic E-state index is 13.7. The Bertz CT molecular complexity index is 794. The first-order chi connectivity index (χ1) is 12.5. The molecule has 26 heavy (non-hydrogen) atoms. The summed E-state index contributed by atoms with van der Waals surface area (Å²) in [6.07, 6.45) is 0.829. The predicted octanol–water partition coefficient (Wildman–Crippen LogP) is 3.35. The van der Waals surface area contributed by atoms with Crippen LogP contribution in [0.5, 0.6) is 11.5 Å². The highest BCUT2D eigenvalue weighted by molar-refractivity contribution is 6.33. The maximum Gasteiger partial charge on any atom is 0.274 e. The summed E-state index contributed by atoms with van der Waals surface area (Å²) >= 11 is 5.81. The van der Waals surface area contributed by atoms with E-state index < -0.39 is 17.6 Å². The van der Waals surface area contributed by atoms with Crippen LogP contribution in [-0.2, 0) is 0 Å². The first-order valence-corrected chi connectivity index (χ1v) is 8.21. The first kappa shape index (κ1) is 19.5. The van der Waals surface area contributed by atoms with E-state index in [0.717, 1.165) is 12.5 Å². The van der Waals surface area contributed by atoms with Gasteiger partial charge in [-0.2, -0.15) is 0 Å². The third kappa shape index (κ3) is 4.64. The van der Waals surface area contributed by atoms with Crippen LogP contribution in [0, 0.1) is 5.82 Å². The van der Waals surface area contributed by atoms with Crippen LogP contribution in [0.2, 0.25) is 5.02 Å². The SMILES string of the molecule is CCCOc1ccc(C(=O)NNC(=O)c2c(F)cccc2Cl)cc1OC. The van der Waals surface area contributed by atoms with Crippen molar-refractivity contribution in [2.24, 2.45) is 0 Å². The van der Waals surface area contributed by atoms with E-state index >= 15 is 0 Å². The molecule has 0 fully saturated rings. The quantitative estimate of drug-likeness (QED) is 0.753. The van der Waals surface area contributed by atoms with Gasteiger partial charge in [-0.05, 0) is 36.8 Å². The van der Waals surface area contributed by atoms with E-state index in [-0.39, 0.29) is 16.1 Å². The Morgan fingerprint density at radius 2 is 1.85 bits per heavy atom. The molecule has 0 aliphatic heterocycles. The largest absolute Gasteiger partial charge is 0.493 e. The number of hydrogen-bond acceptors (Lipinski definition) is 4. The van der Waals surface area contributed by atoms with Crippen LogP contribution in [0.1, 0.15) is 34.1 Å². The molecule has 138 valence electrons. The molecule has 0 spiro atoms. The number of methoxy groups -OCH3 is 1. The minimum atomic E-state index is -0.865. The van der Waals surface area contributed by atoms with Gasteiger partial charge >= 0.3 is 0 Å². The Morgan fingerprint density at radius 3 is 2.50 bits per heavy atom. The van der Waals surface area contributed by atoms with Crippen LogP contribution in [0.4, 0.5) is 4.39 Å². The Balaban J connectivity index is 2.07. The third-order valence-electron chi connectivity index (χ3n) is 3.37. The second-order valence-electron chi connectivity index (χ2n) is 5.22. The topological polar surface area (TPSA) is 76.7 Å². The summed E-state index contributed by atoms with van der Waals surface area (Å²) in [4.78, 5) is 24.2. The zero-order valence-electron chi connectivity index (χ0n) is 14.3. The number of benzene rings is 2. The second kappa shape index (κ2) is 9.05. The molecule has 0 saturated carbocycles. The number of carbonyl (C=O) groups excluding carboxylic acids is 2. The van der Waals surface area contributed by atoms with Crippen molar-refractivity contribution < 1.29 is 23.5 Å². The fourth-order valence-electron chi connectivity index (χ4n) is 2.10. The number of ether oxygens (including phenoxy) is 2. The molecular weight excluding hydrogens is 363 g/mol. The summed E-state index contributed by atoms with van der Waals surface area (Å²) in [5, 5.41) is -0.0594. The standard InChI is InChI=1S/C18H18ClFN2O4/c1-3-9-26-14-8-7-11(10-15(14)25-2)17(23)21-22-18(24)16-12(19)5-4-6-13(16)20/h4-8,10H,3,9H2,1-2H3,(H,21,23)(H,22,24). The third-order valence-corrected chi connectivity index (χ3v) is 3.68. The van der Waals surface area contributed by atoms with Gasteiger partial charge in [-0.3, -0.25) is 20.4 Å². The Labute approximate surface area is 155 Å². The van der Waals surface area contributed by atoms with E-state index in [9.17, 15) is 14.0 Å². The first-order valence-electron chi connectivity index (χ1n) is 7.83. The van der Waals surface area contributed by atoms with Crippen LogP contribution in [0.3, 0.4) is 0 Å². The molecule has 2 aromatic rings. The number of amides is 2. The summed E-state index contributed by atoms with van der Waals surface area (Å²) in [5.41, 5.74) is 4.21. The zero-order chi connectivity index (χ0) is 19.1. The fourth-order valence-corrected chi connectivity index (χ4v) is 2.35. The van der Waals surface area contributed by atoms with Gasteiger partial charge < -0.3 is 9.47 Å². The normalized spacial score (nSPS) is 10.2. The molecule has 0 saturated heterocycles. The predicted molar refractivity (Wildman–Crippen MR) is 95.1 cm³/mol. The fraction of sp³-hybridized carbons (Fsp3) is 0.222. The summed E-state index contributed by atoms with van der Waals surface area (Å²) in [6.45, 7) is 2.49. The molecule has 0 heterocycles. The average molecular weight is 381 g/mol. The maximum atomic E-state index is 13.7. The molecule has 6 nitrogen and oxygen atoms in total. The highest BCUT2D eigenvalue weighted by atomic mass is 35.5. The summed E-state index contributed by atoms with van der Waals surface area (Å²) in [6, 6.07) is 8.44. The molecule has 0 unspecified atom stereocenters. The van der Waals surface area contributed by atoms with Crippen molar-refractivity contribution in [3.8, 4) is 11.5 Å². The molecule has 0 atom stereocenters. The van der Waals surface area contributed by atoms with Crippen molar-refractivity contribution >= 4 is 23.4 Å². The van der Waals surface area contributed by atoms with Gasteiger partial charge in [0, 0.05) is 5.56 Å². The van der Waals surface area contributed by atoms with Crippen LogP contribution < -0.4 is 20.3 Å². The van der Waals surface area contributed by atoms with Gasteiger partial charge in [0.15, 0.2) is 11.5 Å². The number of rotatable bonds is 6. The van der Waals surface area contributed by atoms with E-state index in [1.807, 2.05) is 6.92 Å². The monoisotopic (exact) mass is 380 g/mol. The van der Waals surface area contributed by atoms with Gasteiger partial charge in [0.2, 0.25) is 0 Å². The molecule has 0 aliphatic carbocycles. The van der Waals surface area contributed by atoms with Gasteiger partial charge in [-0.1, -0.05) is 24.6 Å². The van der Waals surface area contributed by atoms with Crippen molar-refractivity contribution in [3.05, 3.63) is 58.4 Å². The Hall–Kier alpha value is -2.80. The molecule has 0 bridgehead atoms. The van der Waals surface area contributed by atoms with E-state index in [2.05, 4.69) is 10.9 Å². The lowest BCUT2D eigenvalue weighted by molar-refractivity contribution is 0.0844. The highest BCUT2D eigenvalue weighted by Gasteiger charge is 2.17. The van der Waals surface area contributed by atoms with Crippen molar-refractivity contribution in [3.63, 3.8) is 0 Å². The van der Waals surface area contributed by atoms with Crippen molar-refractivity contribution in [2.75, 3.05) is 13.7 Å². The molecule has 2 N–H and O–H groups in total. The van der Waals surface area contributed by atoms with E-state index in [0.29, 0.717) is 18.1 Å². The van der Waals surface area contributed by atoms with Gasteiger partial charge in [0.05, 0.1) is 24.3 Å². The van der Waals surface area contributed by atoms with Crippen LogP contribution in [-0.4, -0.2) is 25.5 Å². The molecule has 2 aromatic carbocycles. The average Bonchev–Trinajstić information content (AvgIpc) is 2.64. The van der Waals surface area contributed by atoms with Crippen molar-refractivity contribution in [1.29, 1.82) is 0 Å². The van der Waals surface area contributed by atoms with Gasteiger partial charge in [0.25, 0.3) is 11.8 Å². The van der Waals surface area contributed by atoms with Crippen molar-refractivity contribution in [2.45, 2.75) is 13.3 Å². The second-order valence-corrected chi connectivity index (χ2v) is 5.63. The van der Waals surface area contributed by atoms with Gasteiger partial charge in [-0.15, -0.1) is 0 Å². The Kier molecular flexibility index (Phi) is 6.80. The Morgan fingerprint density at radius 1 is 1.12 bits per heavy atom. The smallest absolute Gasteiger partial charge is 0.274 e. The van der Waals surface area contributed by atoms with E-state index in [1.165, 1.54) is 31.4 Å². The number of hydrogen-bond donors (Lipinski definition) is 2. The minimum Gasteiger partial charge on any atom is -0.493 e. The van der Waals surface area contributed by atoms with Crippen LogP contribution in [0.25, 0.3) is 0 Å². The molecular formula is C18H18ClFN2O4. The number of hydrazine groups is 1. The van der Waals surface area contributed by atoms with Gasteiger partial charge in [-0.25, -0.2) is 4.39 Å². The number of carbonyl (C=O) groups is 2. The van der Waals surface area contributed by atoms with Crippen LogP contribution in [0.15, 0.2) is 36.4 Å². The summed E-state index contributed by atoms with van der Waals surface area (Å²) in [7, 11) is 1.46. The lowest BCUT2D eigenvalue weighted by Gasteiger charge is -2.12.